The molecule has 0 amide bonds. The molecule has 2 N–H and O–H groups in total. The molecule has 0 bridgehead atoms. The van der Waals surface area contributed by atoms with Crippen molar-refractivity contribution in [2.45, 2.75) is 18.9 Å². The van der Waals surface area contributed by atoms with Gasteiger partial charge in [-0.25, -0.2) is 4.98 Å². The quantitative estimate of drug-likeness (QED) is 0.883. The molecule has 1 aliphatic rings. The summed E-state index contributed by atoms with van der Waals surface area (Å²) < 4.78 is 5.12. The second kappa shape index (κ2) is 5.54. The van der Waals surface area contributed by atoms with Crippen LogP contribution in [0.1, 0.15) is 12.8 Å². The molecule has 6 heteroatoms. The van der Waals surface area contributed by atoms with Crippen molar-refractivity contribution in [1.29, 1.82) is 0 Å². The zero-order valence-corrected chi connectivity index (χ0v) is 11.8. The lowest BCUT2D eigenvalue weighted by Crippen LogP contribution is -2.05. The molecular formula is C14H15ClN4O. The third kappa shape index (κ3) is 3.11. The van der Waals surface area contributed by atoms with Crippen LogP contribution in [0.5, 0.6) is 5.75 Å². The fourth-order valence-corrected chi connectivity index (χ4v) is 2.07. The van der Waals surface area contributed by atoms with Crippen LogP contribution >= 0.6 is 11.6 Å². The van der Waals surface area contributed by atoms with Crippen molar-refractivity contribution in [3.63, 3.8) is 0 Å². The van der Waals surface area contributed by atoms with Gasteiger partial charge in [0.15, 0.2) is 0 Å². The van der Waals surface area contributed by atoms with E-state index in [0.29, 0.717) is 22.8 Å². The Kier molecular flexibility index (Phi) is 3.60. The summed E-state index contributed by atoms with van der Waals surface area (Å²) in [4.78, 5) is 8.61. The van der Waals surface area contributed by atoms with Crippen molar-refractivity contribution < 1.29 is 4.74 Å². The molecule has 3 rings (SSSR count). The smallest absolute Gasteiger partial charge is 0.229 e. The Morgan fingerprint density at radius 1 is 1.30 bits per heavy atom. The number of nitrogens with one attached hydrogen (secondary N) is 2. The van der Waals surface area contributed by atoms with Crippen LogP contribution in [0, 0.1) is 0 Å². The molecule has 1 aromatic heterocycles. The molecule has 20 heavy (non-hydrogen) atoms. The number of anilines is 3. The average Bonchev–Trinajstić information content (AvgIpc) is 3.23. The number of hydrogen-bond donors (Lipinski definition) is 2. The summed E-state index contributed by atoms with van der Waals surface area (Å²) in [5.74, 6) is 2.02. The summed E-state index contributed by atoms with van der Waals surface area (Å²) in [6, 6.07) is 7.88. The fourth-order valence-electron chi connectivity index (χ4n) is 1.81. The molecule has 5 nitrogen and oxygen atoms in total. The Hall–Kier alpha value is -2.01. The first kappa shape index (κ1) is 13.0. The molecule has 0 spiro atoms. The third-order valence-corrected chi connectivity index (χ3v) is 3.29. The van der Waals surface area contributed by atoms with Crippen molar-refractivity contribution in [1.82, 2.24) is 9.97 Å². The molecule has 0 unspecified atom stereocenters. The van der Waals surface area contributed by atoms with E-state index < -0.39 is 0 Å². The second-order valence-corrected chi connectivity index (χ2v) is 5.07. The minimum Gasteiger partial charge on any atom is -0.495 e. The Balaban J connectivity index is 1.74. The molecule has 0 atom stereocenters. The molecule has 2 aromatic rings. The lowest BCUT2D eigenvalue weighted by atomic mass is 10.3. The Morgan fingerprint density at radius 2 is 2.15 bits per heavy atom. The maximum atomic E-state index is 6.09. The number of nitrogens with zero attached hydrogens (tertiary/aromatic N) is 2. The first-order valence-electron chi connectivity index (χ1n) is 6.45. The van der Waals surface area contributed by atoms with Crippen LogP contribution in [0.3, 0.4) is 0 Å². The van der Waals surface area contributed by atoms with E-state index in [4.69, 9.17) is 16.3 Å². The minimum atomic E-state index is 0.539. The number of hydrogen-bond acceptors (Lipinski definition) is 5. The summed E-state index contributed by atoms with van der Waals surface area (Å²) in [7, 11) is 1.59. The Bertz CT molecular complexity index is 616. The van der Waals surface area contributed by atoms with E-state index >= 15 is 0 Å². The van der Waals surface area contributed by atoms with Crippen LogP contribution in [-0.2, 0) is 0 Å². The van der Waals surface area contributed by atoms with E-state index in [9.17, 15) is 0 Å². The molecule has 0 saturated heterocycles. The number of halogens is 1. The van der Waals surface area contributed by atoms with Gasteiger partial charge in [0.1, 0.15) is 11.6 Å². The first-order valence-corrected chi connectivity index (χ1v) is 6.82. The van der Waals surface area contributed by atoms with Crippen LogP contribution in [0.4, 0.5) is 17.5 Å². The van der Waals surface area contributed by atoms with E-state index in [0.717, 1.165) is 11.5 Å². The molecule has 0 radical (unpaired) electrons. The summed E-state index contributed by atoms with van der Waals surface area (Å²) >= 11 is 6.09. The fraction of sp³-hybridized carbons (Fsp3) is 0.286. The van der Waals surface area contributed by atoms with Crippen LogP contribution in [-0.4, -0.2) is 23.1 Å². The average molecular weight is 291 g/mol. The highest BCUT2D eigenvalue weighted by molar-refractivity contribution is 6.32. The van der Waals surface area contributed by atoms with Gasteiger partial charge in [0.05, 0.1) is 12.1 Å². The van der Waals surface area contributed by atoms with Gasteiger partial charge >= 0.3 is 0 Å². The molecule has 1 fully saturated rings. The van der Waals surface area contributed by atoms with Gasteiger partial charge < -0.3 is 15.4 Å². The zero-order valence-electron chi connectivity index (χ0n) is 11.1. The standard InChI is InChI=1S/C14H15ClN4O/c1-20-12-5-4-10(8-11(12)15)18-14-16-7-6-13(19-14)17-9-2-3-9/h4-9H,2-3H2,1H3,(H2,16,17,18,19). The maximum absolute atomic E-state index is 6.09. The van der Waals surface area contributed by atoms with Gasteiger partial charge in [-0.05, 0) is 37.1 Å². The van der Waals surface area contributed by atoms with E-state index in [1.165, 1.54) is 12.8 Å². The summed E-state index contributed by atoms with van der Waals surface area (Å²) in [6.45, 7) is 0. The first-order chi connectivity index (χ1) is 9.74. The van der Waals surface area contributed by atoms with E-state index in [1.54, 1.807) is 25.4 Å². The molecule has 104 valence electrons. The second-order valence-electron chi connectivity index (χ2n) is 4.66. The summed E-state index contributed by atoms with van der Waals surface area (Å²) in [5.41, 5.74) is 0.819. The predicted octanol–water partition coefficient (Wildman–Crippen LogP) is 3.46. The van der Waals surface area contributed by atoms with Crippen molar-refractivity contribution in [3.8, 4) is 5.75 Å². The maximum Gasteiger partial charge on any atom is 0.229 e. The van der Waals surface area contributed by atoms with E-state index in [2.05, 4.69) is 20.6 Å². The van der Waals surface area contributed by atoms with Gasteiger partial charge in [0.25, 0.3) is 0 Å². The number of methoxy groups -OCH3 is 1. The topological polar surface area (TPSA) is 59.1 Å². The van der Waals surface area contributed by atoms with Gasteiger partial charge in [0, 0.05) is 17.9 Å². The van der Waals surface area contributed by atoms with Gasteiger partial charge in [-0.15, -0.1) is 0 Å². The highest BCUT2D eigenvalue weighted by Gasteiger charge is 2.21. The number of benzene rings is 1. The summed E-state index contributed by atoms with van der Waals surface area (Å²) in [6.07, 6.45) is 4.15. The Labute approximate surface area is 122 Å². The molecule has 1 saturated carbocycles. The molecule has 1 heterocycles. The normalized spacial score (nSPS) is 13.9. The van der Waals surface area contributed by atoms with Gasteiger partial charge in [0.2, 0.25) is 5.95 Å². The van der Waals surface area contributed by atoms with Crippen LogP contribution in [0.2, 0.25) is 5.02 Å². The zero-order chi connectivity index (χ0) is 13.9. The molecular weight excluding hydrogens is 276 g/mol. The van der Waals surface area contributed by atoms with Crippen molar-refractivity contribution in [2.24, 2.45) is 0 Å². The van der Waals surface area contributed by atoms with Gasteiger partial charge in [-0.1, -0.05) is 11.6 Å². The number of ether oxygens (including phenoxy) is 1. The summed E-state index contributed by atoms with van der Waals surface area (Å²) in [5, 5.41) is 7.01. The number of aromatic nitrogens is 2. The van der Waals surface area contributed by atoms with Crippen molar-refractivity contribution in [2.75, 3.05) is 17.7 Å². The van der Waals surface area contributed by atoms with Gasteiger partial charge in [-0.3, -0.25) is 0 Å². The van der Waals surface area contributed by atoms with E-state index in [1.807, 2.05) is 12.1 Å². The Morgan fingerprint density at radius 3 is 2.85 bits per heavy atom. The third-order valence-electron chi connectivity index (χ3n) is 2.99. The molecule has 1 aromatic carbocycles. The predicted molar refractivity (Wildman–Crippen MR) is 80.0 cm³/mol. The monoisotopic (exact) mass is 290 g/mol. The molecule has 0 aliphatic heterocycles. The largest absolute Gasteiger partial charge is 0.495 e. The minimum absolute atomic E-state index is 0.539. The van der Waals surface area contributed by atoms with Crippen LogP contribution in [0.25, 0.3) is 0 Å². The SMILES string of the molecule is COc1ccc(Nc2nccc(NC3CC3)n2)cc1Cl. The van der Waals surface area contributed by atoms with Gasteiger partial charge in [-0.2, -0.15) is 4.98 Å². The van der Waals surface area contributed by atoms with Crippen LogP contribution in [0.15, 0.2) is 30.5 Å². The van der Waals surface area contributed by atoms with Crippen LogP contribution < -0.4 is 15.4 Å². The number of rotatable bonds is 5. The van der Waals surface area contributed by atoms with E-state index in [-0.39, 0.29) is 0 Å². The molecule has 1 aliphatic carbocycles. The van der Waals surface area contributed by atoms with Crippen molar-refractivity contribution >= 4 is 29.1 Å². The lowest BCUT2D eigenvalue weighted by molar-refractivity contribution is 0.415. The highest BCUT2D eigenvalue weighted by Crippen LogP contribution is 2.28. The lowest BCUT2D eigenvalue weighted by Gasteiger charge is -2.09. The van der Waals surface area contributed by atoms with Crippen molar-refractivity contribution in [3.05, 3.63) is 35.5 Å². The highest BCUT2D eigenvalue weighted by atomic mass is 35.5.